The van der Waals surface area contributed by atoms with Gasteiger partial charge in [-0.05, 0) is 69.6 Å². The van der Waals surface area contributed by atoms with Gasteiger partial charge >= 0.3 is 0 Å². The number of aromatic nitrogens is 1. The third-order valence-corrected chi connectivity index (χ3v) is 3.61. The Labute approximate surface area is 134 Å². The number of hydrogen-bond donors (Lipinski definition) is 0. The van der Waals surface area contributed by atoms with Crippen molar-refractivity contribution in [1.82, 2.24) is 9.88 Å². The van der Waals surface area contributed by atoms with Crippen LogP contribution in [0.1, 0.15) is 35.4 Å². The van der Waals surface area contributed by atoms with Crippen LogP contribution in [0.25, 0.3) is 6.08 Å². The number of unbranched alkanes of at least 4 members (excludes halogenated alkanes) is 1. The standard InChI is InChI=1S/C20H26N2/c1-17-14-18(2)21-20(15-17)12-8-5-9-13-22(3)16-19-10-6-4-7-11-19/h4,6-8,10-12,14-15H,5,9,13,16H2,1-3H3/b12-8+. The van der Waals surface area contributed by atoms with Crippen molar-refractivity contribution in [2.45, 2.75) is 33.2 Å². The van der Waals surface area contributed by atoms with E-state index >= 15 is 0 Å². The first-order valence-electron chi connectivity index (χ1n) is 7.98. The second-order valence-electron chi connectivity index (χ2n) is 5.98. The lowest BCUT2D eigenvalue weighted by atomic mass is 10.2. The van der Waals surface area contributed by atoms with Gasteiger partial charge in [0.2, 0.25) is 0 Å². The lowest BCUT2D eigenvalue weighted by molar-refractivity contribution is 0.323. The molecule has 0 saturated carbocycles. The largest absolute Gasteiger partial charge is 0.302 e. The summed E-state index contributed by atoms with van der Waals surface area (Å²) < 4.78 is 0. The van der Waals surface area contributed by atoms with Crippen LogP contribution in [0.4, 0.5) is 0 Å². The van der Waals surface area contributed by atoms with Gasteiger partial charge in [0, 0.05) is 12.2 Å². The van der Waals surface area contributed by atoms with Crippen LogP contribution in [0.15, 0.2) is 48.5 Å². The minimum atomic E-state index is 1.02. The lowest BCUT2D eigenvalue weighted by Gasteiger charge is -2.15. The summed E-state index contributed by atoms with van der Waals surface area (Å²) in [7, 11) is 2.18. The first-order valence-corrected chi connectivity index (χ1v) is 7.98. The molecular formula is C20H26N2. The number of pyridine rings is 1. The highest BCUT2D eigenvalue weighted by molar-refractivity contribution is 5.46. The molecule has 0 saturated heterocycles. The summed E-state index contributed by atoms with van der Waals surface area (Å²) in [4.78, 5) is 6.90. The predicted molar refractivity (Wildman–Crippen MR) is 94.8 cm³/mol. The number of allylic oxidation sites excluding steroid dienone is 1. The Morgan fingerprint density at radius 2 is 1.86 bits per heavy atom. The quantitative estimate of drug-likeness (QED) is 0.692. The highest BCUT2D eigenvalue weighted by atomic mass is 15.1. The zero-order chi connectivity index (χ0) is 15.8. The monoisotopic (exact) mass is 294 g/mol. The smallest absolute Gasteiger partial charge is 0.0632 e. The summed E-state index contributed by atoms with van der Waals surface area (Å²) in [6.45, 7) is 6.29. The molecule has 0 fully saturated rings. The summed E-state index contributed by atoms with van der Waals surface area (Å²) in [5.41, 5.74) is 4.80. The lowest BCUT2D eigenvalue weighted by Crippen LogP contribution is -2.18. The van der Waals surface area contributed by atoms with Crippen LogP contribution in [-0.2, 0) is 6.54 Å². The molecule has 1 aromatic carbocycles. The number of nitrogens with zero attached hydrogens (tertiary/aromatic N) is 2. The molecule has 0 spiro atoms. The molecule has 0 radical (unpaired) electrons. The fraction of sp³-hybridized carbons (Fsp3) is 0.350. The zero-order valence-corrected chi connectivity index (χ0v) is 13.9. The van der Waals surface area contributed by atoms with Gasteiger partial charge in [-0.25, -0.2) is 0 Å². The summed E-state index contributed by atoms with van der Waals surface area (Å²) in [5.74, 6) is 0. The Morgan fingerprint density at radius 1 is 1.09 bits per heavy atom. The number of hydrogen-bond acceptors (Lipinski definition) is 2. The molecule has 22 heavy (non-hydrogen) atoms. The van der Waals surface area contributed by atoms with E-state index in [0.29, 0.717) is 0 Å². The van der Waals surface area contributed by atoms with E-state index in [9.17, 15) is 0 Å². The molecule has 2 aromatic rings. The van der Waals surface area contributed by atoms with Crippen LogP contribution in [0.5, 0.6) is 0 Å². The van der Waals surface area contributed by atoms with Gasteiger partial charge in [0.05, 0.1) is 5.69 Å². The van der Waals surface area contributed by atoms with Crippen molar-refractivity contribution in [3.8, 4) is 0 Å². The molecule has 2 nitrogen and oxygen atoms in total. The SMILES string of the molecule is Cc1cc(C)nc(/C=C/CCCN(C)Cc2ccccc2)c1. The number of rotatable bonds is 7. The van der Waals surface area contributed by atoms with Gasteiger partial charge in [-0.3, -0.25) is 4.98 Å². The maximum atomic E-state index is 4.53. The normalized spacial score (nSPS) is 11.5. The van der Waals surface area contributed by atoms with E-state index in [0.717, 1.165) is 30.9 Å². The molecule has 0 bridgehead atoms. The van der Waals surface area contributed by atoms with Gasteiger partial charge in [0.15, 0.2) is 0 Å². The summed E-state index contributed by atoms with van der Waals surface area (Å²) in [5, 5.41) is 0. The molecule has 2 heteroatoms. The van der Waals surface area contributed by atoms with Crippen molar-refractivity contribution >= 4 is 6.08 Å². The molecule has 0 N–H and O–H groups in total. The maximum absolute atomic E-state index is 4.53. The number of aryl methyl sites for hydroxylation is 2. The predicted octanol–water partition coefficient (Wildman–Crippen LogP) is 4.62. The molecule has 1 heterocycles. The van der Waals surface area contributed by atoms with Crippen LogP contribution in [0.2, 0.25) is 0 Å². The molecule has 0 aliphatic carbocycles. The highest BCUT2D eigenvalue weighted by Crippen LogP contribution is 2.08. The third kappa shape index (κ3) is 5.82. The van der Waals surface area contributed by atoms with Crippen molar-refractivity contribution in [2.75, 3.05) is 13.6 Å². The van der Waals surface area contributed by atoms with E-state index in [-0.39, 0.29) is 0 Å². The van der Waals surface area contributed by atoms with E-state index in [1.807, 2.05) is 6.92 Å². The Morgan fingerprint density at radius 3 is 2.59 bits per heavy atom. The molecule has 2 rings (SSSR count). The Kier molecular flexibility index (Phi) is 6.35. The zero-order valence-electron chi connectivity index (χ0n) is 13.9. The van der Waals surface area contributed by atoms with Gasteiger partial charge < -0.3 is 4.90 Å². The molecule has 0 unspecified atom stereocenters. The van der Waals surface area contributed by atoms with Crippen LogP contribution in [0, 0.1) is 13.8 Å². The number of benzene rings is 1. The Hall–Kier alpha value is -1.93. The topological polar surface area (TPSA) is 16.1 Å². The van der Waals surface area contributed by atoms with Gasteiger partial charge in [-0.2, -0.15) is 0 Å². The van der Waals surface area contributed by atoms with Crippen LogP contribution < -0.4 is 0 Å². The molecule has 0 aliphatic rings. The third-order valence-electron chi connectivity index (χ3n) is 3.61. The van der Waals surface area contributed by atoms with Crippen molar-refractivity contribution in [3.63, 3.8) is 0 Å². The molecular weight excluding hydrogens is 268 g/mol. The summed E-state index contributed by atoms with van der Waals surface area (Å²) >= 11 is 0. The van der Waals surface area contributed by atoms with E-state index in [2.05, 4.69) is 78.5 Å². The van der Waals surface area contributed by atoms with Gasteiger partial charge in [0.25, 0.3) is 0 Å². The van der Waals surface area contributed by atoms with Crippen molar-refractivity contribution in [3.05, 3.63) is 71.1 Å². The van der Waals surface area contributed by atoms with Crippen LogP contribution >= 0.6 is 0 Å². The van der Waals surface area contributed by atoms with Crippen LogP contribution in [-0.4, -0.2) is 23.5 Å². The fourth-order valence-electron chi connectivity index (χ4n) is 2.62. The second kappa shape index (κ2) is 8.50. The Balaban J connectivity index is 1.71. The minimum Gasteiger partial charge on any atom is -0.302 e. The van der Waals surface area contributed by atoms with E-state index < -0.39 is 0 Å². The Bertz CT molecular complexity index is 582. The first kappa shape index (κ1) is 16.4. The second-order valence-corrected chi connectivity index (χ2v) is 5.98. The van der Waals surface area contributed by atoms with E-state index in [4.69, 9.17) is 0 Å². The highest BCUT2D eigenvalue weighted by Gasteiger charge is 1.99. The summed E-state index contributed by atoms with van der Waals surface area (Å²) in [6.07, 6.45) is 6.63. The van der Waals surface area contributed by atoms with E-state index in [1.165, 1.54) is 17.5 Å². The van der Waals surface area contributed by atoms with Gasteiger partial charge in [-0.15, -0.1) is 0 Å². The van der Waals surface area contributed by atoms with Crippen molar-refractivity contribution in [1.29, 1.82) is 0 Å². The van der Waals surface area contributed by atoms with Crippen molar-refractivity contribution < 1.29 is 0 Å². The first-order chi connectivity index (χ1) is 10.6. The fourth-order valence-corrected chi connectivity index (χ4v) is 2.62. The average molecular weight is 294 g/mol. The molecule has 0 amide bonds. The van der Waals surface area contributed by atoms with Gasteiger partial charge in [-0.1, -0.05) is 36.4 Å². The maximum Gasteiger partial charge on any atom is 0.0632 e. The summed E-state index contributed by atoms with van der Waals surface area (Å²) in [6, 6.07) is 14.9. The van der Waals surface area contributed by atoms with Crippen molar-refractivity contribution in [2.24, 2.45) is 0 Å². The molecule has 1 aromatic heterocycles. The molecule has 0 aliphatic heterocycles. The minimum absolute atomic E-state index is 1.02. The van der Waals surface area contributed by atoms with Crippen LogP contribution in [0.3, 0.4) is 0 Å². The average Bonchev–Trinajstić information content (AvgIpc) is 2.47. The molecule has 116 valence electrons. The van der Waals surface area contributed by atoms with E-state index in [1.54, 1.807) is 0 Å². The van der Waals surface area contributed by atoms with Gasteiger partial charge in [0.1, 0.15) is 0 Å². The molecule has 0 atom stereocenters.